The molecule has 0 aliphatic carbocycles. The van der Waals surface area contributed by atoms with Crippen molar-refractivity contribution >= 4 is 34.1 Å². The lowest BCUT2D eigenvalue weighted by molar-refractivity contribution is 0.102. The van der Waals surface area contributed by atoms with Crippen LogP contribution in [0, 0.1) is 13.8 Å². The zero-order valence-corrected chi connectivity index (χ0v) is 16.6. The molecule has 0 aliphatic rings. The molecule has 2 amide bonds. The largest absolute Gasteiger partial charge is 0.322 e. The van der Waals surface area contributed by atoms with Crippen molar-refractivity contribution in [3.05, 3.63) is 95.4 Å². The number of amides is 2. The number of hydrogen-bond donors (Lipinski definition) is 2. The van der Waals surface area contributed by atoms with Gasteiger partial charge in [0.2, 0.25) is 0 Å². The van der Waals surface area contributed by atoms with E-state index in [4.69, 9.17) is 0 Å². The van der Waals surface area contributed by atoms with Crippen molar-refractivity contribution < 1.29 is 9.59 Å². The Hall–Kier alpha value is -4.06. The normalized spacial score (nSPS) is 10.6. The van der Waals surface area contributed by atoms with Gasteiger partial charge in [0.25, 0.3) is 11.8 Å². The second-order valence-corrected chi connectivity index (χ2v) is 6.97. The van der Waals surface area contributed by atoms with Crippen molar-refractivity contribution in [2.45, 2.75) is 13.8 Å². The highest BCUT2D eigenvalue weighted by atomic mass is 16.2. The number of hydrogen-bond acceptors (Lipinski definition) is 4. The highest BCUT2D eigenvalue weighted by molar-refractivity contribution is 6.10. The monoisotopic (exact) mass is 396 g/mol. The fourth-order valence-corrected chi connectivity index (χ4v) is 3.17. The quantitative estimate of drug-likeness (QED) is 0.521. The number of benzene rings is 2. The Bertz CT molecular complexity index is 1260. The molecule has 0 saturated heterocycles. The van der Waals surface area contributed by atoms with Crippen LogP contribution in [0.4, 0.5) is 11.4 Å². The number of fused-ring (bicyclic) bond motifs is 1. The van der Waals surface area contributed by atoms with Crippen LogP contribution in [-0.4, -0.2) is 21.8 Å². The van der Waals surface area contributed by atoms with Crippen LogP contribution < -0.4 is 10.6 Å². The summed E-state index contributed by atoms with van der Waals surface area (Å²) in [6, 6.07) is 18.1. The maximum Gasteiger partial charge on any atom is 0.274 e. The van der Waals surface area contributed by atoms with Gasteiger partial charge in [0.05, 0.1) is 11.2 Å². The molecule has 4 aromatic rings. The summed E-state index contributed by atoms with van der Waals surface area (Å²) in [5.41, 5.74) is 4.61. The Labute approximate surface area is 174 Å². The number of nitrogens with zero attached hydrogens (tertiary/aromatic N) is 2. The Morgan fingerprint density at radius 2 is 1.50 bits per heavy atom. The van der Waals surface area contributed by atoms with Crippen molar-refractivity contribution in [1.82, 2.24) is 9.97 Å². The lowest BCUT2D eigenvalue weighted by atomic mass is 10.1. The SMILES string of the molecule is Cc1cccc(NC(=O)c2ccnc(C(=O)Nc3cccc4cccnc34)c2)c1C. The number of aromatic nitrogens is 2. The molecule has 2 aromatic heterocycles. The first kappa shape index (κ1) is 19.3. The summed E-state index contributed by atoms with van der Waals surface area (Å²) in [5, 5.41) is 6.66. The number of carbonyl (C=O) groups is 2. The average molecular weight is 396 g/mol. The first-order valence-corrected chi connectivity index (χ1v) is 9.51. The number of nitrogens with one attached hydrogen (secondary N) is 2. The van der Waals surface area contributed by atoms with Gasteiger partial charge in [-0.05, 0) is 55.3 Å². The minimum atomic E-state index is -0.408. The molecular weight excluding hydrogens is 376 g/mol. The first-order chi connectivity index (χ1) is 14.5. The molecule has 0 aliphatic heterocycles. The highest BCUT2D eigenvalue weighted by Crippen LogP contribution is 2.22. The van der Waals surface area contributed by atoms with Gasteiger partial charge >= 0.3 is 0 Å². The minimum Gasteiger partial charge on any atom is -0.322 e. The lowest BCUT2D eigenvalue weighted by Gasteiger charge is -2.11. The van der Waals surface area contributed by atoms with Crippen molar-refractivity contribution in [3.8, 4) is 0 Å². The van der Waals surface area contributed by atoms with Gasteiger partial charge in [-0.15, -0.1) is 0 Å². The van der Waals surface area contributed by atoms with Gasteiger partial charge in [-0.25, -0.2) is 0 Å². The van der Waals surface area contributed by atoms with Crippen LogP contribution in [0.15, 0.2) is 73.1 Å². The fraction of sp³-hybridized carbons (Fsp3) is 0.0833. The van der Waals surface area contributed by atoms with Gasteiger partial charge in [0.15, 0.2) is 0 Å². The third-order valence-corrected chi connectivity index (χ3v) is 4.99. The molecule has 0 fully saturated rings. The molecule has 4 rings (SSSR count). The van der Waals surface area contributed by atoms with Gasteiger partial charge in [0, 0.05) is 29.0 Å². The summed E-state index contributed by atoms with van der Waals surface area (Å²) in [6.07, 6.45) is 3.13. The maximum atomic E-state index is 12.8. The molecule has 0 atom stereocenters. The van der Waals surface area contributed by atoms with E-state index in [9.17, 15) is 9.59 Å². The van der Waals surface area contributed by atoms with Crippen LogP contribution in [0.25, 0.3) is 10.9 Å². The van der Waals surface area contributed by atoms with Gasteiger partial charge in [-0.2, -0.15) is 0 Å². The second kappa shape index (κ2) is 8.13. The average Bonchev–Trinajstić information content (AvgIpc) is 2.77. The van der Waals surface area contributed by atoms with Gasteiger partial charge in [-0.3, -0.25) is 19.6 Å². The van der Waals surface area contributed by atoms with E-state index in [-0.39, 0.29) is 11.6 Å². The number of para-hydroxylation sites is 1. The molecule has 2 heterocycles. The Morgan fingerprint density at radius 3 is 2.37 bits per heavy atom. The summed E-state index contributed by atoms with van der Waals surface area (Å²) in [6.45, 7) is 3.94. The predicted molar refractivity (Wildman–Crippen MR) is 118 cm³/mol. The van der Waals surface area contributed by atoms with Crippen LogP contribution >= 0.6 is 0 Å². The van der Waals surface area contributed by atoms with E-state index in [0.717, 1.165) is 22.2 Å². The summed E-state index contributed by atoms with van der Waals surface area (Å²) >= 11 is 0. The van der Waals surface area contributed by atoms with Crippen molar-refractivity contribution in [3.63, 3.8) is 0 Å². The molecule has 0 saturated carbocycles. The van der Waals surface area contributed by atoms with Crippen molar-refractivity contribution in [2.24, 2.45) is 0 Å². The summed E-state index contributed by atoms with van der Waals surface area (Å²) in [7, 11) is 0. The van der Waals surface area contributed by atoms with E-state index in [0.29, 0.717) is 16.8 Å². The van der Waals surface area contributed by atoms with E-state index in [1.54, 1.807) is 18.3 Å². The van der Waals surface area contributed by atoms with Crippen LogP contribution in [0.2, 0.25) is 0 Å². The van der Waals surface area contributed by atoms with Gasteiger partial charge in [-0.1, -0.05) is 30.3 Å². The molecule has 2 N–H and O–H groups in total. The van der Waals surface area contributed by atoms with E-state index in [2.05, 4.69) is 20.6 Å². The standard InChI is InChI=1S/C24H20N4O2/c1-15-6-3-9-19(16(15)2)27-23(29)18-11-13-25-21(14-18)24(30)28-20-10-4-7-17-8-5-12-26-22(17)20/h3-14H,1-2H3,(H,27,29)(H,28,30). The summed E-state index contributed by atoms with van der Waals surface area (Å²) in [4.78, 5) is 33.9. The second-order valence-electron chi connectivity index (χ2n) is 6.97. The smallest absolute Gasteiger partial charge is 0.274 e. The van der Waals surface area contributed by atoms with Crippen molar-refractivity contribution in [1.29, 1.82) is 0 Å². The number of rotatable bonds is 4. The van der Waals surface area contributed by atoms with Crippen LogP contribution in [-0.2, 0) is 0 Å². The van der Waals surface area contributed by atoms with Crippen LogP contribution in [0.5, 0.6) is 0 Å². The highest BCUT2D eigenvalue weighted by Gasteiger charge is 2.14. The van der Waals surface area contributed by atoms with Crippen LogP contribution in [0.1, 0.15) is 32.0 Å². The Morgan fingerprint density at radius 1 is 0.767 bits per heavy atom. The summed E-state index contributed by atoms with van der Waals surface area (Å²) < 4.78 is 0. The number of carbonyl (C=O) groups excluding carboxylic acids is 2. The van der Waals surface area contributed by atoms with Crippen LogP contribution in [0.3, 0.4) is 0 Å². The van der Waals surface area contributed by atoms with Gasteiger partial charge < -0.3 is 10.6 Å². The zero-order chi connectivity index (χ0) is 21.1. The molecule has 2 aromatic carbocycles. The Balaban J connectivity index is 1.56. The number of anilines is 2. The zero-order valence-electron chi connectivity index (χ0n) is 16.6. The minimum absolute atomic E-state index is 0.150. The molecule has 0 bridgehead atoms. The molecule has 30 heavy (non-hydrogen) atoms. The first-order valence-electron chi connectivity index (χ1n) is 9.51. The van der Waals surface area contributed by atoms with E-state index < -0.39 is 5.91 Å². The molecule has 148 valence electrons. The number of aryl methyl sites for hydroxylation is 1. The molecule has 6 heteroatoms. The third kappa shape index (κ3) is 3.89. The maximum absolute atomic E-state index is 12.8. The van der Waals surface area contributed by atoms with Crippen molar-refractivity contribution in [2.75, 3.05) is 10.6 Å². The van der Waals surface area contributed by atoms with E-state index in [1.807, 2.05) is 56.3 Å². The van der Waals surface area contributed by atoms with E-state index in [1.165, 1.54) is 12.3 Å². The van der Waals surface area contributed by atoms with Gasteiger partial charge in [0.1, 0.15) is 5.69 Å². The third-order valence-electron chi connectivity index (χ3n) is 4.99. The lowest BCUT2D eigenvalue weighted by Crippen LogP contribution is -2.17. The molecule has 0 unspecified atom stereocenters. The molecular formula is C24H20N4O2. The topological polar surface area (TPSA) is 84.0 Å². The van der Waals surface area contributed by atoms with E-state index >= 15 is 0 Å². The Kier molecular flexibility index (Phi) is 5.22. The molecule has 0 radical (unpaired) electrons. The fourth-order valence-electron chi connectivity index (χ4n) is 3.17. The number of pyridine rings is 2. The summed E-state index contributed by atoms with van der Waals surface area (Å²) in [5.74, 6) is -0.707. The molecule has 0 spiro atoms. The predicted octanol–water partition coefficient (Wildman–Crippen LogP) is 4.75. The molecule has 6 nitrogen and oxygen atoms in total.